The molecule has 0 spiro atoms. The summed E-state index contributed by atoms with van der Waals surface area (Å²) >= 11 is 7.21. The number of halogens is 4. The van der Waals surface area contributed by atoms with Crippen molar-refractivity contribution in [2.24, 2.45) is 0 Å². The van der Waals surface area contributed by atoms with Gasteiger partial charge in [-0.3, -0.25) is 4.79 Å². The molecular formula is C24H23ClF3NO3S. The maximum absolute atomic E-state index is 13.3. The van der Waals surface area contributed by atoms with Gasteiger partial charge >= 0.3 is 6.18 Å². The number of alkyl halides is 3. The number of hydrogen-bond acceptors (Lipinski definition) is 4. The Morgan fingerprint density at radius 1 is 1.06 bits per heavy atom. The smallest absolute Gasteiger partial charge is 0.417 e. The average molecular weight is 498 g/mol. The predicted octanol–water partition coefficient (Wildman–Crippen LogP) is 6.65. The number of methoxy groups -OCH3 is 2. The van der Waals surface area contributed by atoms with E-state index >= 15 is 0 Å². The van der Waals surface area contributed by atoms with Gasteiger partial charge in [-0.05, 0) is 37.1 Å². The van der Waals surface area contributed by atoms with E-state index in [9.17, 15) is 18.0 Å². The first-order valence-corrected chi connectivity index (χ1v) is 11.4. The van der Waals surface area contributed by atoms with Crippen LogP contribution in [0.1, 0.15) is 22.4 Å². The second-order valence-electron chi connectivity index (χ2n) is 7.26. The summed E-state index contributed by atoms with van der Waals surface area (Å²) in [7, 11) is 3.03. The lowest BCUT2D eigenvalue weighted by molar-refractivity contribution is -0.137. The summed E-state index contributed by atoms with van der Waals surface area (Å²) in [6, 6.07) is 13.5. The van der Waals surface area contributed by atoms with E-state index in [0.717, 1.165) is 28.3 Å². The molecule has 0 bridgehead atoms. The van der Waals surface area contributed by atoms with E-state index in [4.69, 9.17) is 21.1 Å². The summed E-state index contributed by atoms with van der Waals surface area (Å²) in [6.07, 6.45) is -3.35. The monoisotopic (exact) mass is 497 g/mol. The van der Waals surface area contributed by atoms with Gasteiger partial charge in [0.05, 0.1) is 31.2 Å². The minimum atomic E-state index is -4.36. The van der Waals surface area contributed by atoms with Crippen molar-refractivity contribution in [3.05, 3.63) is 74.9 Å². The Morgan fingerprint density at radius 2 is 1.79 bits per heavy atom. The van der Waals surface area contributed by atoms with Crippen LogP contribution >= 0.6 is 22.9 Å². The summed E-state index contributed by atoms with van der Waals surface area (Å²) in [5.41, 5.74) is 0.691. The summed E-state index contributed by atoms with van der Waals surface area (Å²) in [5, 5.41) is 1.53. The van der Waals surface area contributed by atoms with Gasteiger partial charge in [-0.25, -0.2) is 0 Å². The van der Waals surface area contributed by atoms with Crippen molar-refractivity contribution >= 4 is 34.5 Å². The van der Waals surface area contributed by atoms with Crippen LogP contribution in [0.15, 0.2) is 53.9 Å². The molecule has 0 unspecified atom stereocenters. The molecule has 1 amide bonds. The van der Waals surface area contributed by atoms with E-state index in [1.54, 1.807) is 36.3 Å². The molecule has 3 aromatic rings. The van der Waals surface area contributed by atoms with Gasteiger partial charge in [-0.15, -0.1) is 11.3 Å². The zero-order valence-electron chi connectivity index (χ0n) is 18.1. The molecule has 33 heavy (non-hydrogen) atoms. The number of ether oxygens (including phenoxy) is 2. The maximum atomic E-state index is 13.3. The molecule has 0 aliphatic carbocycles. The standard InChI is InChI=1S/C24H23ClF3NO3S/c1-31-21-8-4-3-6-16(21)12-23(30)29(18-9-10-20(25)22(14-18)32-2)11-5-7-19-13-17(15-33-19)24(26,27)28/h3-4,6,8-10,13-15H,5,7,11-12H2,1-2H3. The van der Waals surface area contributed by atoms with E-state index in [0.29, 0.717) is 46.5 Å². The number of nitrogens with zero attached hydrogens (tertiary/aromatic N) is 1. The van der Waals surface area contributed by atoms with Gasteiger partial charge < -0.3 is 14.4 Å². The highest BCUT2D eigenvalue weighted by atomic mass is 35.5. The maximum Gasteiger partial charge on any atom is 0.417 e. The van der Waals surface area contributed by atoms with Crippen molar-refractivity contribution in [2.45, 2.75) is 25.4 Å². The minimum Gasteiger partial charge on any atom is -0.496 e. The predicted molar refractivity (Wildman–Crippen MR) is 125 cm³/mol. The highest BCUT2D eigenvalue weighted by molar-refractivity contribution is 7.10. The highest BCUT2D eigenvalue weighted by Gasteiger charge is 2.31. The first-order valence-electron chi connectivity index (χ1n) is 10.1. The van der Waals surface area contributed by atoms with E-state index in [2.05, 4.69) is 0 Å². The number of hydrogen-bond donors (Lipinski definition) is 0. The molecule has 3 rings (SSSR count). The summed E-state index contributed by atoms with van der Waals surface area (Å²) in [4.78, 5) is 15.5. The number of benzene rings is 2. The fourth-order valence-electron chi connectivity index (χ4n) is 3.39. The van der Waals surface area contributed by atoms with Crippen LogP contribution in [0.2, 0.25) is 5.02 Å². The molecule has 1 heterocycles. The quantitative estimate of drug-likeness (QED) is 0.332. The van der Waals surface area contributed by atoms with E-state index in [-0.39, 0.29) is 12.3 Å². The van der Waals surface area contributed by atoms with Gasteiger partial charge in [0.15, 0.2) is 0 Å². The van der Waals surface area contributed by atoms with Crippen LogP contribution in [-0.4, -0.2) is 26.7 Å². The van der Waals surface area contributed by atoms with E-state index in [1.165, 1.54) is 7.11 Å². The van der Waals surface area contributed by atoms with Gasteiger partial charge in [-0.1, -0.05) is 29.8 Å². The molecular weight excluding hydrogens is 475 g/mol. The van der Waals surface area contributed by atoms with Crippen molar-refractivity contribution in [2.75, 3.05) is 25.7 Å². The third kappa shape index (κ3) is 6.42. The molecule has 0 atom stereocenters. The number of carbonyl (C=O) groups excluding carboxylic acids is 1. The summed E-state index contributed by atoms with van der Waals surface area (Å²) < 4.78 is 49.3. The Kier molecular flexibility index (Phi) is 8.26. The van der Waals surface area contributed by atoms with Gasteiger partial charge in [0.2, 0.25) is 5.91 Å². The Labute approximate surface area is 199 Å². The summed E-state index contributed by atoms with van der Waals surface area (Å²) in [6.45, 7) is 0.317. The van der Waals surface area contributed by atoms with Crippen LogP contribution < -0.4 is 14.4 Å². The molecule has 176 valence electrons. The molecule has 2 aromatic carbocycles. The average Bonchev–Trinajstić information content (AvgIpc) is 3.27. The second-order valence-corrected chi connectivity index (χ2v) is 8.66. The first-order chi connectivity index (χ1) is 15.7. The molecule has 0 radical (unpaired) electrons. The molecule has 1 aromatic heterocycles. The van der Waals surface area contributed by atoms with Crippen LogP contribution in [0.25, 0.3) is 0 Å². The molecule has 0 saturated carbocycles. The van der Waals surface area contributed by atoms with Crippen LogP contribution in [0.4, 0.5) is 18.9 Å². The fourth-order valence-corrected chi connectivity index (χ4v) is 4.53. The Bertz CT molecular complexity index is 1100. The van der Waals surface area contributed by atoms with Crippen LogP contribution in [0, 0.1) is 0 Å². The normalized spacial score (nSPS) is 11.3. The highest BCUT2D eigenvalue weighted by Crippen LogP contribution is 2.33. The molecule has 0 N–H and O–H groups in total. The Balaban J connectivity index is 1.79. The summed E-state index contributed by atoms with van der Waals surface area (Å²) in [5.74, 6) is 0.862. The van der Waals surface area contributed by atoms with Crippen molar-refractivity contribution in [1.82, 2.24) is 0 Å². The molecule has 0 fully saturated rings. The largest absolute Gasteiger partial charge is 0.496 e. The zero-order chi connectivity index (χ0) is 24.0. The lowest BCUT2D eigenvalue weighted by Gasteiger charge is -2.24. The van der Waals surface area contributed by atoms with Crippen molar-refractivity contribution in [1.29, 1.82) is 0 Å². The van der Waals surface area contributed by atoms with Crippen molar-refractivity contribution in [3.63, 3.8) is 0 Å². The Hall–Kier alpha value is -2.71. The van der Waals surface area contributed by atoms with Crippen LogP contribution in [0.5, 0.6) is 11.5 Å². The molecule has 9 heteroatoms. The third-order valence-electron chi connectivity index (χ3n) is 5.07. The van der Waals surface area contributed by atoms with Gasteiger partial charge in [-0.2, -0.15) is 13.2 Å². The number of anilines is 1. The SMILES string of the molecule is COc1cc(N(CCCc2cc(C(F)(F)F)cs2)C(=O)Cc2ccccc2OC)ccc1Cl. The topological polar surface area (TPSA) is 38.8 Å². The Morgan fingerprint density at radius 3 is 2.45 bits per heavy atom. The zero-order valence-corrected chi connectivity index (χ0v) is 19.7. The van der Waals surface area contributed by atoms with Gasteiger partial charge in [0.1, 0.15) is 11.5 Å². The third-order valence-corrected chi connectivity index (χ3v) is 6.38. The number of carbonyl (C=O) groups is 1. The molecule has 0 aliphatic rings. The number of rotatable bonds is 9. The van der Waals surface area contributed by atoms with Gasteiger partial charge in [0.25, 0.3) is 0 Å². The van der Waals surface area contributed by atoms with Crippen molar-refractivity contribution < 1.29 is 27.4 Å². The van der Waals surface area contributed by atoms with E-state index < -0.39 is 11.7 Å². The molecule has 4 nitrogen and oxygen atoms in total. The number of aryl methyl sites for hydroxylation is 1. The van der Waals surface area contributed by atoms with Crippen LogP contribution in [0.3, 0.4) is 0 Å². The van der Waals surface area contributed by atoms with Crippen molar-refractivity contribution in [3.8, 4) is 11.5 Å². The number of amides is 1. The fraction of sp³-hybridized carbons (Fsp3) is 0.292. The van der Waals surface area contributed by atoms with Crippen LogP contribution in [-0.2, 0) is 23.8 Å². The lowest BCUT2D eigenvalue weighted by Crippen LogP contribution is -2.33. The van der Waals surface area contributed by atoms with E-state index in [1.807, 2.05) is 18.2 Å². The minimum absolute atomic E-state index is 0.103. The van der Waals surface area contributed by atoms with Gasteiger partial charge in [0, 0.05) is 34.1 Å². The molecule has 0 saturated heterocycles. The lowest BCUT2D eigenvalue weighted by atomic mass is 10.1. The molecule has 0 aliphatic heterocycles. The second kappa shape index (κ2) is 10.9. The number of para-hydroxylation sites is 1. The number of thiophene rings is 1. The first kappa shape index (κ1) is 24.9.